The molecule has 0 saturated carbocycles. The Labute approximate surface area is 131 Å². The number of benzene rings is 2. The Morgan fingerprint density at radius 3 is 1.29 bits per heavy atom. The highest BCUT2D eigenvalue weighted by Crippen LogP contribution is 2.11. The molecule has 0 aliphatic rings. The number of rotatable bonds is 3. The molecule has 0 heterocycles. The van der Waals surface area contributed by atoms with E-state index in [4.69, 9.17) is 5.11 Å². The van der Waals surface area contributed by atoms with Crippen LogP contribution in [0.1, 0.15) is 41.5 Å². The van der Waals surface area contributed by atoms with E-state index in [1.54, 1.807) is 7.11 Å². The van der Waals surface area contributed by atoms with Crippen molar-refractivity contribution in [1.29, 1.82) is 0 Å². The van der Waals surface area contributed by atoms with Gasteiger partial charge in [0.15, 0.2) is 0 Å². The molecule has 2 rings (SSSR count). The van der Waals surface area contributed by atoms with Gasteiger partial charge in [0.1, 0.15) is 0 Å². The van der Waals surface area contributed by atoms with Gasteiger partial charge in [0, 0.05) is 7.11 Å². The molecule has 2 aromatic carbocycles. The van der Waals surface area contributed by atoms with Gasteiger partial charge in [-0.2, -0.15) is 0 Å². The van der Waals surface area contributed by atoms with Crippen molar-refractivity contribution in [3.63, 3.8) is 0 Å². The first-order valence-electron chi connectivity index (χ1n) is 6.83. The summed E-state index contributed by atoms with van der Waals surface area (Å²) < 4.78 is 4.44. The summed E-state index contributed by atoms with van der Waals surface area (Å²) in [6.07, 6.45) is 2.64. The Hall–Kier alpha value is -1.38. The summed E-state index contributed by atoms with van der Waals surface area (Å²) in [6.45, 7) is 4.93. The van der Waals surface area contributed by atoms with Crippen molar-refractivity contribution in [1.82, 2.24) is 0 Å². The molecule has 0 bridgehead atoms. The molecule has 0 fully saturated rings. The summed E-state index contributed by atoms with van der Waals surface area (Å²) in [5.41, 5.74) is 0. The Balaban J connectivity index is -0.000000257. The van der Waals surface area contributed by atoms with E-state index >= 15 is 0 Å². The van der Waals surface area contributed by atoms with Gasteiger partial charge in [0.05, 0.1) is 13.2 Å². The molecular formula is C19H34O2. The molecule has 0 atom stereocenters. The Bertz CT molecular complexity index is 343. The molecule has 0 aliphatic carbocycles. The van der Waals surface area contributed by atoms with Crippen LogP contribution in [0.4, 0.5) is 0 Å². The zero-order valence-corrected chi connectivity index (χ0v) is 12.3. The maximum Gasteiger partial charge on any atom is 0.0693 e. The summed E-state index contributed by atoms with van der Waals surface area (Å²) in [4.78, 5) is 0. The van der Waals surface area contributed by atoms with Crippen LogP contribution < -0.4 is 0 Å². The van der Waals surface area contributed by atoms with Crippen LogP contribution in [-0.4, -0.2) is 25.4 Å². The predicted octanol–water partition coefficient (Wildman–Crippen LogP) is 5.54. The Morgan fingerprint density at radius 2 is 1.14 bits per heavy atom. The van der Waals surface area contributed by atoms with Gasteiger partial charge >= 0.3 is 0 Å². The van der Waals surface area contributed by atoms with Crippen LogP contribution in [0.15, 0.2) is 48.5 Å². The number of fused-ring (bicyclic) bond motifs is 1. The molecule has 2 heteroatoms. The molecule has 2 nitrogen and oxygen atoms in total. The van der Waals surface area contributed by atoms with Gasteiger partial charge in [0.25, 0.3) is 0 Å². The highest BCUT2D eigenvalue weighted by molar-refractivity contribution is 5.81. The maximum absolute atomic E-state index is 7.94. The zero-order chi connectivity index (χ0) is 14.3. The fourth-order valence-electron chi connectivity index (χ4n) is 1.22. The van der Waals surface area contributed by atoms with E-state index in [1.807, 2.05) is 0 Å². The second kappa shape index (κ2) is 18.6. The third-order valence-corrected chi connectivity index (χ3v) is 2.45. The van der Waals surface area contributed by atoms with Gasteiger partial charge in [-0.1, -0.05) is 90.1 Å². The Morgan fingerprint density at radius 1 is 0.810 bits per heavy atom. The van der Waals surface area contributed by atoms with Crippen LogP contribution in [0.2, 0.25) is 0 Å². The molecule has 21 heavy (non-hydrogen) atoms. The van der Waals surface area contributed by atoms with Crippen LogP contribution in [0.5, 0.6) is 0 Å². The number of unbranched alkanes of at least 4 members (excludes halogenated alkanes) is 1. The van der Waals surface area contributed by atoms with Gasteiger partial charge in [-0.05, 0) is 10.8 Å². The number of aliphatic hydroxyl groups is 1. The van der Waals surface area contributed by atoms with Gasteiger partial charge in [-0.15, -0.1) is 0 Å². The number of hydrogen-bond donors (Lipinski definition) is 1. The first kappa shape index (κ1) is 24.6. The fourth-order valence-corrected chi connectivity index (χ4v) is 1.22. The van der Waals surface area contributed by atoms with E-state index in [2.05, 4.69) is 67.1 Å². The minimum atomic E-state index is 0. The second-order valence-electron chi connectivity index (χ2n) is 4.06. The van der Waals surface area contributed by atoms with Crippen LogP contribution >= 0.6 is 0 Å². The highest BCUT2D eigenvalue weighted by atomic mass is 16.5. The van der Waals surface area contributed by atoms with Crippen LogP contribution in [-0.2, 0) is 4.74 Å². The zero-order valence-electron chi connectivity index (χ0n) is 12.3. The largest absolute Gasteiger partial charge is 0.394 e. The molecule has 0 amide bonds. The van der Waals surface area contributed by atoms with Crippen molar-refractivity contribution in [3.05, 3.63) is 48.5 Å². The van der Waals surface area contributed by atoms with E-state index in [1.165, 1.54) is 23.6 Å². The molecule has 1 N–H and O–H groups in total. The maximum atomic E-state index is 7.94. The van der Waals surface area contributed by atoms with Gasteiger partial charge in [0.2, 0.25) is 0 Å². The van der Waals surface area contributed by atoms with Crippen molar-refractivity contribution in [2.75, 3.05) is 20.3 Å². The molecule has 0 saturated heterocycles. The summed E-state index contributed by atoms with van der Waals surface area (Å²) >= 11 is 0. The van der Waals surface area contributed by atoms with Crippen molar-refractivity contribution in [2.45, 2.75) is 41.5 Å². The minimum absolute atomic E-state index is 0. The molecule has 0 unspecified atom stereocenters. The normalized spacial score (nSPS) is 8.19. The lowest BCUT2D eigenvalue weighted by molar-refractivity contribution is 0.135. The summed E-state index contributed by atoms with van der Waals surface area (Å²) in [7, 11) is 1.55. The lowest BCUT2D eigenvalue weighted by Gasteiger charge is -1.92. The number of hydrogen-bond acceptors (Lipinski definition) is 2. The Kier molecular flexibility index (Phi) is 21.8. The smallest absolute Gasteiger partial charge is 0.0693 e. The molecule has 0 aromatic heterocycles. The van der Waals surface area contributed by atoms with Gasteiger partial charge in [-0.25, -0.2) is 0 Å². The third kappa shape index (κ3) is 13.4. The van der Waals surface area contributed by atoms with E-state index in [0.717, 1.165) is 0 Å². The second-order valence-corrected chi connectivity index (χ2v) is 4.06. The molecule has 0 spiro atoms. The van der Waals surface area contributed by atoms with E-state index in [-0.39, 0.29) is 21.5 Å². The topological polar surface area (TPSA) is 29.5 Å². The van der Waals surface area contributed by atoms with E-state index < -0.39 is 0 Å². The number of ether oxygens (including phenoxy) is 1. The molecular weight excluding hydrogens is 260 g/mol. The van der Waals surface area contributed by atoms with Crippen molar-refractivity contribution < 1.29 is 9.84 Å². The van der Waals surface area contributed by atoms with Crippen molar-refractivity contribution in [2.24, 2.45) is 0 Å². The van der Waals surface area contributed by atoms with Crippen molar-refractivity contribution >= 4 is 10.8 Å². The van der Waals surface area contributed by atoms with Crippen LogP contribution in [0, 0.1) is 0 Å². The van der Waals surface area contributed by atoms with E-state index in [0.29, 0.717) is 6.61 Å². The number of methoxy groups -OCH3 is 1. The average Bonchev–Trinajstić information content (AvgIpc) is 2.49. The summed E-state index contributed by atoms with van der Waals surface area (Å²) in [6, 6.07) is 16.7. The average molecular weight is 294 g/mol. The molecule has 0 aliphatic heterocycles. The summed E-state index contributed by atoms with van der Waals surface area (Å²) in [5, 5.41) is 10.6. The lowest BCUT2D eigenvalue weighted by Crippen LogP contribution is -1.91. The summed E-state index contributed by atoms with van der Waals surface area (Å²) in [5.74, 6) is 0. The van der Waals surface area contributed by atoms with Crippen LogP contribution in [0.3, 0.4) is 0 Å². The van der Waals surface area contributed by atoms with E-state index in [9.17, 15) is 0 Å². The molecule has 0 radical (unpaired) electrons. The first-order chi connectivity index (χ1) is 9.29. The minimum Gasteiger partial charge on any atom is -0.394 e. The SMILES string of the molecule is C.C.CCCC.COCCO.c1ccc2ccccc2c1. The quantitative estimate of drug-likeness (QED) is 0.805. The molecule has 2 aromatic rings. The highest BCUT2D eigenvalue weighted by Gasteiger charge is 1.85. The van der Waals surface area contributed by atoms with Crippen molar-refractivity contribution in [3.8, 4) is 0 Å². The van der Waals surface area contributed by atoms with Gasteiger partial charge < -0.3 is 9.84 Å². The van der Waals surface area contributed by atoms with Gasteiger partial charge in [-0.3, -0.25) is 0 Å². The third-order valence-electron chi connectivity index (χ3n) is 2.45. The fraction of sp³-hybridized carbons (Fsp3) is 0.474. The monoisotopic (exact) mass is 294 g/mol. The first-order valence-corrected chi connectivity index (χ1v) is 6.83. The lowest BCUT2D eigenvalue weighted by atomic mass is 10.1. The number of aliphatic hydroxyl groups excluding tert-OH is 1. The van der Waals surface area contributed by atoms with Crippen LogP contribution in [0.25, 0.3) is 10.8 Å². The predicted molar refractivity (Wildman–Crippen MR) is 97.0 cm³/mol. The molecule has 122 valence electrons. The standard InChI is InChI=1S/C10H8.C4H10.C3H8O2.2CH4/c1-2-6-10-8-4-3-7-9(10)5-1;1-3-4-2;1-5-3-2-4;;/h1-8H;3-4H2,1-2H3;4H,2-3H2,1H3;2*1H4.